The maximum Gasteiger partial charge on any atom is 0.283 e. The number of halogens is 1. The highest BCUT2D eigenvalue weighted by atomic mass is 79.9. The van der Waals surface area contributed by atoms with Crippen LogP contribution in [0.15, 0.2) is 22.7 Å². The van der Waals surface area contributed by atoms with Gasteiger partial charge in [0, 0.05) is 31.7 Å². The van der Waals surface area contributed by atoms with Gasteiger partial charge in [-0.15, -0.1) is 0 Å². The van der Waals surface area contributed by atoms with E-state index in [1.54, 1.807) is 6.07 Å². The van der Waals surface area contributed by atoms with Gasteiger partial charge in [-0.25, -0.2) is 0 Å². The molecule has 2 rings (SSSR count). The average Bonchev–Trinajstić information content (AvgIpc) is 2.67. The Bertz CT molecular complexity index is 439. The quantitative estimate of drug-likeness (QED) is 0.683. The molecule has 0 spiro atoms. The molecule has 0 saturated carbocycles. The van der Waals surface area contributed by atoms with E-state index in [1.165, 1.54) is 6.07 Å². The number of rotatable bonds is 3. The third-order valence-electron chi connectivity index (χ3n) is 2.96. The zero-order valence-corrected chi connectivity index (χ0v) is 10.9. The fourth-order valence-electron chi connectivity index (χ4n) is 2.08. The third-order valence-corrected chi connectivity index (χ3v) is 3.87. The number of nitro groups is 1. The van der Waals surface area contributed by atoms with Crippen LogP contribution in [0.2, 0.25) is 0 Å². The summed E-state index contributed by atoms with van der Waals surface area (Å²) in [6.45, 7) is 2.52. The van der Waals surface area contributed by atoms with Gasteiger partial charge < -0.3 is 5.73 Å². The van der Waals surface area contributed by atoms with E-state index >= 15 is 0 Å². The van der Waals surface area contributed by atoms with Crippen LogP contribution in [0.3, 0.4) is 0 Å². The molecule has 1 heterocycles. The predicted molar refractivity (Wildman–Crippen MR) is 68.7 cm³/mol. The Labute approximate surface area is 108 Å². The topological polar surface area (TPSA) is 72.4 Å². The molecular weight excluding hydrogens is 286 g/mol. The smallest absolute Gasteiger partial charge is 0.283 e. The van der Waals surface area contributed by atoms with E-state index in [-0.39, 0.29) is 16.7 Å². The fourth-order valence-corrected chi connectivity index (χ4v) is 2.61. The Hall–Kier alpha value is -0.980. The van der Waals surface area contributed by atoms with E-state index < -0.39 is 0 Å². The van der Waals surface area contributed by atoms with Gasteiger partial charge in [0.15, 0.2) is 0 Å². The highest BCUT2D eigenvalue weighted by molar-refractivity contribution is 9.10. The first-order valence-electron chi connectivity index (χ1n) is 5.47. The van der Waals surface area contributed by atoms with Crippen LogP contribution in [0.25, 0.3) is 0 Å². The summed E-state index contributed by atoms with van der Waals surface area (Å²) in [7, 11) is 0. The van der Waals surface area contributed by atoms with Gasteiger partial charge in [0.05, 0.1) is 9.40 Å². The summed E-state index contributed by atoms with van der Waals surface area (Å²) in [4.78, 5) is 12.7. The van der Waals surface area contributed by atoms with Crippen molar-refractivity contribution in [1.82, 2.24) is 4.90 Å². The summed E-state index contributed by atoms with van der Waals surface area (Å²) >= 11 is 3.30. The fraction of sp³-hybridized carbons (Fsp3) is 0.455. The summed E-state index contributed by atoms with van der Waals surface area (Å²) in [5, 5.41) is 10.8. The Morgan fingerprint density at radius 1 is 1.59 bits per heavy atom. The minimum atomic E-state index is -0.372. The summed E-state index contributed by atoms with van der Waals surface area (Å²) in [5.41, 5.74) is 6.89. The molecule has 0 amide bonds. The monoisotopic (exact) mass is 299 g/mol. The van der Waals surface area contributed by atoms with E-state index in [0.717, 1.165) is 25.1 Å². The van der Waals surface area contributed by atoms with Gasteiger partial charge in [-0.05, 0) is 27.9 Å². The molecule has 1 fully saturated rings. The first kappa shape index (κ1) is 12.5. The number of hydrogen-bond acceptors (Lipinski definition) is 4. The van der Waals surface area contributed by atoms with Gasteiger partial charge in [-0.3, -0.25) is 15.0 Å². The maximum atomic E-state index is 10.8. The van der Waals surface area contributed by atoms with Crippen LogP contribution in [0.4, 0.5) is 5.69 Å². The van der Waals surface area contributed by atoms with Crippen molar-refractivity contribution in [2.24, 2.45) is 5.73 Å². The van der Waals surface area contributed by atoms with Crippen molar-refractivity contribution in [1.29, 1.82) is 0 Å². The van der Waals surface area contributed by atoms with E-state index in [2.05, 4.69) is 20.8 Å². The second-order valence-corrected chi connectivity index (χ2v) is 5.08. The van der Waals surface area contributed by atoms with Crippen LogP contribution >= 0.6 is 15.9 Å². The molecule has 2 N–H and O–H groups in total. The first-order valence-corrected chi connectivity index (χ1v) is 6.27. The van der Waals surface area contributed by atoms with E-state index in [0.29, 0.717) is 11.0 Å². The molecule has 6 heteroatoms. The van der Waals surface area contributed by atoms with Gasteiger partial charge in [0.2, 0.25) is 0 Å². The molecule has 0 radical (unpaired) electrons. The molecule has 5 nitrogen and oxygen atoms in total. The van der Waals surface area contributed by atoms with Crippen molar-refractivity contribution in [3.8, 4) is 0 Å². The SMILES string of the molecule is N[C@H]1CCN(Cc2cccc([N+](=O)[O-])c2Br)C1. The van der Waals surface area contributed by atoms with Crippen LogP contribution in [0, 0.1) is 10.1 Å². The van der Waals surface area contributed by atoms with Crippen LogP contribution in [0.1, 0.15) is 12.0 Å². The first-order chi connectivity index (χ1) is 8.08. The van der Waals surface area contributed by atoms with Gasteiger partial charge in [0.1, 0.15) is 0 Å². The molecule has 17 heavy (non-hydrogen) atoms. The lowest BCUT2D eigenvalue weighted by atomic mass is 10.2. The van der Waals surface area contributed by atoms with E-state index in [4.69, 9.17) is 5.73 Å². The lowest BCUT2D eigenvalue weighted by Crippen LogP contribution is -2.26. The molecule has 1 aromatic rings. The zero-order valence-electron chi connectivity index (χ0n) is 9.30. The summed E-state index contributed by atoms with van der Waals surface area (Å²) < 4.78 is 0.575. The van der Waals surface area contributed by atoms with Crippen LogP contribution in [-0.4, -0.2) is 29.0 Å². The molecule has 1 aliphatic rings. The summed E-state index contributed by atoms with van der Waals surface area (Å²) in [6.07, 6.45) is 0.993. The molecule has 1 aromatic carbocycles. The second kappa shape index (κ2) is 5.12. The molecular formula is C11H14BrN3O2. The number of nitro benzene ring substituents is 1. The maximum absolute atomic E-state index is 10.8. The molecule has 1 saturated heterocycles. The predicted octanol–water partition coefficient (Wildman–Crippen LogP) is 1.89. The van der Waals surface area contributed by atoms with Gasteiger partial charge in [0.25, 0.3) is 5.69 Å². The number of nitrogens with two attached hydrogens (primary N) is 1. The molecule has 92 valence electrons. The van der Waals surface area contributed by atoms with Crippen molar-refractivity contribution in [2.75, 3.05) is 13.1 Å². The van der Waals surface area contributed by atoms with Crippen molar-refractivity contribution in [3.63, 3.8) is 0 Å². The third kappa shape index (κ3) is 2.83. The zero-order chi connectivity index (χ0) is 12.4. The molecule has 1 aliphatic heterocycles. The minimum Gasteiger partial charge on any atom is -0.326 e. The van der Waals surface area contributed by atoms with Crippen LogP contribution in [0.5, 0.6) is 0 Å². The van der Waals surface area contributed by atoms with E-state index in [1.807, 2.05) is 6.07 Å². The lowest BCUT2D eigenvalue weighted by Gasteiger charge is -2.15. The molecule has 0 unspecified atom stereocenters. The van der Waals surface area contributed by atoms with Crippen molar-refractivity contribution >= 4 is 21.6 Å². The van der Waals surface area contributed by atoms with Crippen LogP contribution in [-0.2, 0) is 6.54 Å². The van der Waals surface area contributed by atoms with Crippen molar-refractivity contribution in [2.45, 2.75) is 19.0 Å². The molecule has 0 aliphatic carbocycles. The van der Waals surface area contributed by atoms with Crippen molar-refractivity contribution < 1.29 is 4.92 Å². The molecule has 0 aromatic heterocycles. The average molecular weight is 300 g/mol. The number of benzene rings is 1. The number of likely N-dealkylation sites (tertiary alicyclic amines) is 1. The van der Waals surface area contributed by atoms with Crippen LogP contribution < -0.4 is 5.73 Å². The van der Waals surface area contributed by atoms with Gasteiger partial charge in [-0.1, -0.05) is 12.1 Å². The molecule has 0 bridgehead atoms. The van der Waals surface area contributed by atoms with Crippen molar-refractivity contribution in [3.05, 3.63) is 38.3 Å². The minimum absolute atomic E-state index is 0.117. The highest BCUT2D eigenvalue weighted by Crippen LogP contribution is 2.29. The van der Waals surface area contributed by atoms with Gasteiger partial charge >= 0.3 is 0 Å². The largest absolute Gasteiger partial charge is 0.326 e. The summed E-state index contributed by atoms with van der Waals surface area (Å²) in [6, 6.07) is 5.35. The Morgan fingerprint density at radius 2 is 2.35 bits per heavy atom. The Balaban J connectivity index is 2.16. The normalized spacial score (nSPS) is 20.7. The Morgan fingerprint density at radius 3 is 2.94 bits per heavy atom. The number of nitrogens with zero attached hydrogens (tertiary/aromatic N) is 2. The number of hydrogen-bond donors (Lipinski definition) is 1. The van der Waals surface area contributed by atoms with Gasteiger partial charge in [-0.2, -0.15) is 0 Å². The highest BCUT2D eigenvalue weighted by Gasteiger charge is 2.21. The lowest BCUT2D eigenvalue weighted by molar-refractivity contribution is -0.385. The molecule has 1 atom stereocenters. The Kier molecular flexibility index (Phi) is 3.76. The van der Waals surface area contributed by atoms with E-state index in [9.17, 15) is 10.1 Å². The summed E-state index contributed by atoms with van der Waals surface area (Å²) in [5.74, 6) is 0. The standard InChI is InChI=1S/C11H14BrN3O2/c12-11-8(2-1-3-10(11)15(16)17)6-14-5-4-9(13)7-14/h1-3,9H,4-7,13H2/t9-/m0/s1. The second-order valence-electron chi connectivity index (χ2n) is 4.29.